The largest absolute Gasteiger partial charge is 0.484 e. The van der Waals surface area contributed by atoms with Gasteiger partial charge in [0.05, 0.1) is 7.11 Å². The van der Waals surface area contributed by atoms with E-state index in [4.69, 9.17) is 10.1 Å². The number of hydrogen-bond donors (Lipinski definition) is 1. The molecule has 1 rings (SSSR count). The quantitative estimate of drug-likeness (QED) is 0.546. The van der Waals surface area contributed by atoms with Crippen LogP contribution in [-0.4, -0.2) is 13.0 Å². The highest BCUT2D eigenvalue weighted by molar-refractivity contribution is 5.75. The minimum Gasteiger partial charge on any atom is -0.484 e. The summed E-state index contributed by atoms with van der Waals surface area (Å²) < 4.78 is 4.83. The first-order valence-corrected chi connectivity index (χ1v) is 4.31. The van der Waals surface area contributed by atoms with Crippen molar-refractivity contribution in [3.8, 4) is 0 Å². The van der Waals surface area contributed by atoms with Crippen LogP contribution < -0.4 is 0 Å². The molecule has 0 aliphatic carbocycles. The zero-order valence-corrected chi connectivity index (χ0v) is 8.35. The second-order valence-electron chi connectivity index (χ2n) is 3.23. The van der Waals surface area contributed by atoms with Crippen LogP contribution in [0, 0.1) is 19.3 Å². The zero-order chi connectivity index (χ0) is 9.84. The van der Waals surface area contributed by atoms with E-state index in [9.17, 15) is 0 Å². The van der Waals surface area contributed by atoms with Crippen molar-refractivity contribution in [2.45, 2.75) is 20.3 Å². The second kappa shape index (κ2) is 4.08. The molecule has 0 atom stereocenters. The van der Waals surface area contributed by atoms with E-state index in [0.717, 1.165) is 0 Å². The summed E-state index contributed by atoms with van der Waals surface area (Å²) in [5.74, 6) is 0.314. The van der Waals surface area contributed by atoms with Crippen LogP contribution in [0.5, 0.6) is 0 Å². The molecule has 1 aromatic rings. The zero-order valence-electron chi connectivity index (χ0n) is 8.35. The first-order valence-electron chi connectivity index (χ1n) is 4.31. The third-order valence-corrected chi connectivity index (χ3v) is 2.10. The molecule has 0 heterocycles. The highest BCUT2D eigenvalue weighted by Crippen LogP contribution is 2.11. The molecule has 0 aromatic heterocycles. The van der Waals surface area contributed by atoms with Crippen molar-refractivity contribution in [2.24, 2.45) is 0 Å². The van der Waals surface area contributed by atoms with E-state index < -0.39 is 0 Å². The standard InChI is InChI=1S/C11H15NO/c1-8-4-5-9(2)10(6-8)7-11(12)13-3/h4-6,12H,7H2,1-3H3. The van der Waals surface area contributed by atoms with E-state index in [1.54, 1.807) is 0 Å². The lowest BCUT2D eigenvalue weighted by Crippen LogP contribution is -2.04. The topological polar surface area (TPSA) is 33.1 Å². The predicted molar refractivity (Wildman–Crippen MR) is 54.4 cm³/mol. The molecule has 2 nitrogen and oxygen atoms in total. The van der Waals surface area contributed by atoms with E-state index >= 15 is 0 Å². The summed E-state index contributed by atoms with van der Waals surface area (Å²) in [5, 5.41) is 7.42. The van der Waals surface area contributed by atoms with Crippen LogP contribution in [0.4, 0.5) is 0 Å². The normalized spacial score (nSPS) is 9.77. The van der Waals surface area contributed by atoms with Gasteiger partial charge in [-0.2, -0.15) is 0 Å². The van der Waals surface area contributed by atoms with Crippen molar-refractivity contribution in [3.05, 3.63) is 34.9 Å². The molecular weight excluding hydrogens is 162 g/mol. The fourth-order valence-corrected chi connectivity index (χ4v) is 1.24. The molecule has 0 aliphatic rings. The summed E-state index contributed by atoms with van der Waals surface area (Å²) in [7, 11) is 1.54. The van der Waals surface area contributed by atoms with Gasteiger partial charge in [0.15, 0.2) is 5.90 Å². The maximum absolute atomic E-state index is 7.42. The highest BCUT2D eigenvalue weighted by Gasteiger charge is 2.02. The molecule has 0 radical (unpaired) electrons. The van der Waals surface area contributed by atoms with Gasteiger partial charge >= 0.3 is 0 Å². The molecule has 0 saturated carbocycles. The van der Waals surface area contributed by atoms with Gasteiger partial charge in [-0.1, -0.05) is 23.8 Å². The molecule has 13 heavy (non-hydrogen) atoms. The second-order valence-corrected chi connectivity index (χ2v) is 3.23. The van der Waals surface area contributed by atoms with Crippen LogP contribution in [0.3, 0.4) is 0 Å². The van der Waals surface area contributed by atoms with Gasteiger partial charge in [-0.25, -0.2) is 0 Å². The Hall–Kier alpha value is -1.31. The Balaban J connectivity index is 2.87. The van der Waals surface area contributed by atoms with Crippen molar-refractivity contribution in [1.29, 1.82) is 5.41 Å². The Labute approximate surface area is 79.1 Å². The maximum atomic E-state index is 7.42. The summed E-state index contributed by atoms with van der Waals surface area (Å²) in [6.07, 6.45) is 0.587. The van der Waals surface area contributed by atoms with Gasteiger partial charge in [-0.05, 0) is 25.0 Å². The Morgan fingerprint density at radius 2 is 2.08 bits per heavy atom. The van der Waals surface area contributed by atoms with Gasteiger partial charge in [0.2, 0.25) is 0 Å². The molecule has 1 N–H and O–H groups in total. The fourth-order valence-electron chi connectivity index (χ4n) is 1.24. The van der Waals surface area contributed by atoms with E-state index in [1.165, 1.54) is 23.8 Å². The molecule has 0 bridgehead atoms. The molecular formula is C11H15NO. The minimum absolute atomic E-state index is 0.314. The number of nitrogens with one attached hydrogen (secondary N) is 1. The summed E-state index contributed by atoms with van der Waals surface area (Å²) in [6.45, 7) is 4.11. The Morgan fingerprint density at radius 3 is 2.69 bits per heavy atom. The van der Waals surface area contributed by atoms with Crippen LogP contribution >= 0.6 is 0 Å². The Bertz CT molecular complexity index is 318. The minimum atomic E-state index is 0.314. The van der Waals surface area contributed by atoms with E-state index in [-0.39, 0.29) is 0 Å². The van der Waals surface area contributed by atoms with Gasteiger partial charge in [-0.3, -0.25) is 5.41 Å². The molecule has 0 saturated heterocycles. The van der Waals surface area contributed by atoms with Gasteiger partial charge in [0, 0.05) is 6.42 Å². The van der Waals surface area contributed by atoms with Gasteiger partial charge < -0.3 is 4.74 Å². The molecule has 0 aliphatic heterocycles. The molecule has 0 amide bonds. The summed E-state index contributed by atoms with van der Waals surface area (Å²) in [5.41, 5.74) is 3.61. The van der Waals surface area contributed by atoms with Gasteiger partial charge in [0.25, 0.3) is 0 Å². The molecule has 70 valence electrons. The average Bonchev–Trinajstić information content (AvgIpc) is 2.11. The monoisotopic (exact) mass is 177 g/mol. The fraction of sp³-hybridized carbons (Fsp3) is 0.364. The number of aryl methyl sites for hydroxylation is 2. The van der Waals surface area contributed by atoms with Crippen molar-refractivity contribution >= 4 is 5.90 Å². The van der Waals surface area contributed by atoms with Crippen LogP contribution in [0.15, 0.2) is 18.2 Å². The number of ether oxygens (including phenoxy) is 1. The molecule has 0 unspecified atom stereocenters. The summed E-state index contributed by atoms with van der Waals surface area (Å²) in [6, 6.07) is 6.26. The maximum Gasteiger partial charge on any atom is 0.184 e. The van der Waals surface area contributed by atoms with Gasteiger partial charge in [0.1, 0.15) is 0 Å². The summed E-state index contributed by atoms with van der Waals surface area (Å²) in [4.78, 5) is 0. The number of benzene rings is 1. The lowest BCUT2D eigenvalue weighted by molar-refractivity contribution is 0.390. The van der Waals surface area contributed by atoms with E-state index in [1.807, 2.05) is 0 Å². The van der Waals surface area contributed by atoms with Gasteiger partial charge in [-0.15, -0.1) is 0 Å². The van der Waals surface area contributed by atoms with Crippen molar-refractivity contribution < 1.29 is 4.74 Å². The Kier molecular flexibility index (Phi) is 3.07. The van der Waals surface area contributed by atoms with Crippen LogP contribution in [-0.2, 0) is 11.2 Å². The summed E-state index contributed by atoms with van der Waals surface area (Å²) >= 11 is 0. The average molecular weight is 177 g/mol. The SMILES string of the molecule is COC(=N)Cc1cc(C)ccc1C. The van der Waals surface area contributed by atoms with Crippen molar-refractivity contribution in [1.82, 2.24) is 0 Å². The smallest absolute Gasteiger partial charge is 0.184 e. The van der Waals surface area contributed by atoms with Crippen LogP contribution in [0.25, 0.3) is 0 Å². The lowest BCUT2D eigenvalue weighted by Gasteiger charge is -2.06. The van der Waals surface area contributed by atoms with Crippen molar-refractivity contribution in [3.63, 3.8) is 0 Å². The highest BCUT2D eigenvalue weighted by atomic mass is 16.5. The number of methoxy groups -OCH3 is 1. The van der Waals surface area contributed by atoms with Crippen molar-refractivity contribution in [2.75, 3.05) is 7.11 Å². The van der Waals surface area contributed by atoms with E-state index in [0.29, 0.717) is 12.3 Å². The molecule has 0 fully saturated rings. The first kappa shape index (κ1) is 9.78. The molecule has 1 aromatic carbocycles. The first-order chi connectivity index (χ1) is 6.13. The lowest BCUT2D eigenvalue weighted by atomic mass is 10.0. The molecule has 2 heteroatoms. The third-order valence-electron chi connectivity index (χ3n) is 2.10. The predicted octanol–water partition coefficient (Wildman–Crippen LogP) is 2.47. The third kappa shape index (κ3) is 2.58. The van der Waals surface area contributed by atoms with E-state index in [2.05, 4.69) is 32.0 Å². The molecule has 0 spiro atoms. The number of hydrogen-bond acceptors (Lipinski definition) is 2. The van der Waals surface area contributed by atoms with Crippen LogP contribution in [0.1, 0.15) is 16.7 Å². The van der Waals surface area contributed by atoms with Crippen LogP contribution in [0.2, 0.25) is 0 Å². The Morgan fingerprint density at radius 1 is 1.38 bits per heavy atom. The number of rotatable bonds is 2.